The van der Waals surface area contributed by atoms with Gasteiger partial charge in [-0.2, -0.15) is 0 Å². The van der Waals surface area contributed by atoms with Crippen LogP contribution in [0.15, 0.2) is 60.7 Å². The minimum Gasteiger partial charge on any atom is -0.493 e. The molecule has 11 nitrogen and oxygen atoms in total. The molecule has 2 aliphatic heterocycles. The summed E-state index contributed by atoms with van der Waals surface area (Å²) in [6, 6.07) is 7.14. The zero-order chi connectivity index (χ0) is 33.2. The Labute approximate surface area is 283 Å². The van der Waals surface area contributed by atoms with Crippen molar-refractivity contribution in [1.29, 1.82) is 0 Å². The highest BCUT2D eigenvalue weighted by molar-refractivity contribution is 5.90. The van der Waals surface area contributed by atoms with Gasteiger partial charge in [0.15, 0.2) is 23.0 Å². The number of allylic oxidation sites excluding steroid dienone is 4. The highest BCUT2D eigenvalue weighted by Gasteiger charge is 2.44. The summed E-state index contributed by atoms with van der Waals surface area (Å²) >= 11 is 0. The van der Waals surface area contributed by atoms with Crippen LogP contribution in [0.2, 0.25) is 0 Å². The van der Waals surface area contributed by atoms with E-state index in [-0.39, 0.29) is 36.3 Å². The molecular formula is C35H44ClN3O8. The number of benzene rings is 2. The van der Waals surface area contributed by atoms with Crippen LogP contribution in [0.25, 0.3) is 12.2 Å². The molecule has 2 aromatic carbocycles. The first kappa shape index (κ1) is 36.9. The van der Waals surface area contributed by atoms with E-state index in [1.54, 1.807) is 79.1 Å². The van der Waals surface area contributed by atoms with Crippen LogP contribution in [-0.4, -0.2) is 114 Å². The van der Waals surface area contributed by atoms with Crippen molar-refractivity contribution in [3.8, 4) is 34.5 Å². The molecule has 0 radical (unpaired) electrons. The van der Waals surface area contributed by atoms with Gasteiger partial charge in [-0.3, -0.25) is 9.59 Å². The van der Waals surface area contributed by atoms with Gasteiger partial charge in [-0.15, -0.1) is 12.4 Å². The number of fused-ring (bicyclic) bond motifs is 1. The minimum atomic E-state index is -0.0953. The summed E-state index contributed by atoms with van der Waals surface area (Å²) in [5, 5.41) is 0. The van der Waals surface area contributed by atoms with Crippen LogP contribution in [0.1, 0.15) is 11.1 Å². The third-order valence-electron chi connectivity index (χ3n) is 8.04. The number of amides is 2. The summed E-state index contributed by atoms with van der Waals surface area (Å²) in [6.45, 7) is 2.30. The van der Waals surface area contributed by atoms with Crippen molar-refractivity contribution < 1.29 is 38.0 Å². The van der Waals surface area contributed by atoms with Crippen LogP contribution < -0.4 is 28.4 Å². The van der Waals surface area contributed by atoms with Gasteiger partial charge in [0.1, 0.15) is 0 Å². The van der Waals surface area contributed by atoms with Gasteiger partial charge in [-0.05, 0) is 42.4 Å². The number of hydrogen-bond donors (Lipinski definition) is 0. The Balaban J connectivity index is 0.00000600. The van der Waals surface area contributed by atoms with Crippen LogP contribution in [0, 0.1) is 0 Å². The molecule has 2 aliphatic rings. The number of halogens is 1. The summed E-state index contributed by atoms with van der Waals surface area (Å²) in [5.41, 5.74) is 1.67. The van der Waals surface area contributed by atoms with Gasteiger partial charge < -0.3 is 43.1 Å². The van der Waals surface area contributed by atoms with Crippen LogP contribution in [0.5, 0.6) is 34.5 Å². The number of nitrogens with zero attached hydrogens (tertiary/aromatic N) is 3. The Hall–Kier alpha value is -4.61. The monoisotopic (exact) mass is 669 g/mol. The number of ether oxygens (including phenoxy) is 6. The predicted molar refractivity (Wildman–Crippen MR) is 184 cm³/mol. The third-order valence-corrected chi connectivity index (χ3v) is 8.04. The lowest BCUT2D eigenvalue weighted by Gasteiger charge is -2.43. The maximum atomic E-state index is 13.3. The first-order chi connectivity index (χ1) is 22.3. The van der Waals surface area contributed by atoms with Crippen molar-refractivity contribution in [2.24, 2.45) is 0 Å². The SMILES string of the molecule is COc1cc(/C=C/C=C/C(=O)N2CCN(C(=O)/C=C/C=C/c3cc(OC)c(OC)c(OC)c3)C3CN(C)CC32)cc(OC)c1OC.Cl. The van der Waals surface area contributed by atoms with E-state index in [2.05, 4.69) is 4.90 Å². The molecule has 2 saturated heterocycles. The molecule has 0 spiro atoms. The second kappa shape index (κ2) is 17.3. The van der Waals surface area contributed by atoms with Crippen molar-refractivity contribution in [3.63, 3.8) is 0 Å². The lowest BCUT2D eigenvalue weighted by Crippen LogP contribution is -2.61. The second-order valence-electron chi connectivity index (χ2n) is 10.8. The number of piperazine rings is 1. The highest BCUT2D eigenvalue weighted by Crippen LogP contribution is 2.39. The maximum Gasteiger partial charge on any atom is 0.246 e. The fourth-order valence-corrected chi connectivity index (χ4v) is 5.86. The first-order valence-corrected chi connectivity index (χ1v) is 14.9. The van der Waals surface area contributed by atoms with Gasteiger partial charge in [0.2, 0.25) is 23.3 Å². The maximum absolute atomic E-state index is 13.3. The number of likely N-dealkylation sites (tertiary alicyclic amines) is 1. The van der Waals surface area contributed by atoms with Crippen molar-refractivity contribution >= 4 is 36.4 Å². The standard InChI is InChI=1S/C35H43N3O8.ClH/c1-36-22-26-27(23-36)38(33(40)15-11-9-13-25-20-30(43-4)35(46-7)31(21-25)44-5)17-16-37(26)32(39)14-10-8-12-24-18-28(41-2)34(45-6)29(19-24)42-3;/h8-15,18-21,26-27H,16-17,22-23H2,1-7H3;1H/b12-8+,13-9+,14-10+,15-11+;. The lowest BCUT2D eigenvalue weighted by molar-refractivity contribution is -0.139. The van der Waals surface area contributed by atoms with Gasteiger partial charge >= 0.3 is 0 Å². The molecule has 2 fully saturated rings. The number of likely N-dealkylation sites (N-methyl/N-ethyl adjacent to an activating group) is 1. The van der Waals surface area contributed by atoms with E-state index in [4.69, 9.17) is 28.4 Å². The number of hydrogen-bond acceptors (Lipinski definition) is 9. The number of rotatable bonds is 12. The van der Waals surface area contributed by atoms with E-state index in [0.29, 0.717) is 60.7 Å². The summed E-state index contributed by atoms with van der Waals surface area (Å²) < 4.78 is 32.4. The Morgan fingerprint density at radius 1 is 0.596 bits per heavy atom. The van der Waals surface area contributed by atoms with E-state index in [1.165, 1.54) is 0 Å². The largest absolute Gasteiger partial charge is 0.493 e. The molecule has 12 heteroatoms. The summed E-state index contributed by atoms with van der Waals surface area (Å²) in [6.07, 6.45) is 13.9. The van der Waals surface area contributed by atoms with Crippen molar-refractivity contribution in [2.75, 3.05) is 75.9 Å². The van der Waals surface area contributed by atoms with Gasteiger partial charge in [0.05, 0.1) is 54.7 Å². The topological polar surface area (TPSA) is 99.2 Å². The number of methoxy groups -OCH3 is 6. The fraction of sp³-hybridized carbons (Fsp3) is 0.371. The molecular weight excluding hydrogens is 626 g/mol. The molecule has 2 unspecified atom stereocenters. The van der Waals surface area contributed by atoms with Crippen LogP contribution in [-0.2, 0) is 9.59 Å². The summed E-state index contributed by atoms with van der Waals surface area (Å²) in [4.78, 5) is 32.4. The number of carbonyl (C=O) groups excluding carboxylic acids is 2. The lowest BCUT2D eigenvalue weighted by atomic mass is 10.0. The van der Waals surface area contributed by atoms with E-state index in [9.17, 15) is 9.59 Å². The molecule has 0 bridgehead atoms. The molecule has 0 N–H and O–H groups in total. The Morgan fingerprint density at radius 3 is 1.23 bits per heavy atom. The predicted octanol–water partition coefficient (Wildman–Crippen LogP) is 4.35. The minimum absolute atomic E-state index is 0. The molecule has 2 aromatic rings. The molecule has 0 aromatic heterocycles. The van der Waals surface area contributed by atoms with E-state index in [0.717, 1.165) is 11.1 Å². The van der Waals surface area contributed by atoms with Crippen LogP contribution >= 0.6 is 12.4 Å². The fourth-order valence-electron chi connectivity index (χ4n) is 5.86. The van der Waals surface area contributed by atoms with E-state index in [1.807, 2.05) is 53.3 Å². The second-order valence-corrected chi connectivity index (χ2v) is 10.8. The number of carbonyl (C=O) groups is 2. The van der Waals surface area contributed by atoms with Gasteiger partial charge in [0, 0.05) is 38.3 Å². The molecule has 47 heavy (non-hydrogen) atoms. The van der Waals surface area contributed by atoms with Crippen molar-refractivity contribution in [2.45, 2.75) is 12.1 Å². The van der Waals surface area contributed by atoms with Gasteiger partial charge in [-0.1, -0.05) is 36.5 Å². The average Bonchev–Trinajstić information content (AvgIpc) is 3.47. The molecule has 254 valence electrons. The van der Waals surface area contributed by atoms with Crippen LogP contribution in [0.4, 0.5) is 0 Å². The highest BCUT2D eigenvalue weighted by atomic mass is 35.5. The molecule has 0 saturated carbocycles. The first-order valence-electron chi connectivity index (χ1n) is 14.9. The Bertz CT molecular complexity index is 1360. The van der Waals surface area contributed by atoms with Crippen LogP contribution in [0.3, 0.4) is 0 Å². The molecule has 2 atom stereocenters. The Morgan fingerprint density at radius 2 is 0.936 bits per heavy atom. The molecule has 2 amide bonds. The zero-order valence-corrected chi connectivity index (χ0v) is 28.7. The molecule has 4 rings (SSSR count). The third kappa shape index (κ3) is 8.60. The van der Waals surface area contributed by atoms with Gasteiger partial charge in [0.25, 0.3) is 0 Å². The smallest absolute Gasteiger partial charge is 0.246 e. The quantitative estimate of drug-likeness (QED) is 0.241. The molecule has 0 aliphatic carbocycles. The van der Waals surface area contributed by atoms with E-state index >= 15 is 0 Å². The average molecular weight is 670 g/mol. The van der Waals surface area contributed by atoms with Gasteiger partial charge in [-0.25, -0.2) is 0 Å². The van der Waals surface area contributed by atoms with Crippen molar-refractivity contribution in [3.05, 3.63) is 71.8 Å². The normalized spacial score (nSPS) is 18.1. The van der Waals surface area contributed by atoms with Crippen molar-refractivity contribution in [1.82, 2.24) is 14.7 Å². The Kier molecular flexibility index (Phi) is 13.6. The summed E-state index contributed by atoms with van der Waals surface area (Å²) in [5.74, 6) is 3.06. The zero-order valence-electron chi connectivity index (χ0n) is 27.9. The summed E-state index contributed by atoms with van der Waals surface area (Å²) in [7, 11) is 11.4. The molecule has 2 heterocycles. The van der Waals surface area contributed by atoms with E-state index < -0.39 is 0 Å².